The van der Waals surface area contributed by atoms with Crippen LogP contribution in [0.2, 0.25) is 0 Å². The molecule has 0 amide bonds. The average Bonchev–Trinajstić information content (AvgIpc) is 3.10. The lowest BCUT2D eigenvalue weighted by Crippen LogP contribution is -2.42. The first-order chi connectivity index (χ1) is 11.0. The lowest BCUT2D eigenvalue weighted by atomic mass is 9.85. The fourth-order valence-electron chi connectivity index (χ4n) is 3.66. The average molecular weight is 310 g/mol. The van der Waals surface area contributed by atoms with Gasteiger partial charge in [0.25, 0.3) is 0 Å². The van der Waals surface area contributed by atoms with Gasteiger partial charge in [-0.3, -0.25) is 9.98 Å². The third kappa shape index (κ3) is 2.49. The predicted molar refractivity (Wildman–Crippen MR) is 93.5 cm³/mol. The molecule has 1 aromatic heterocycles. The highest BCUT2D eigenvalue weighted by Crippen LogP contribution is 2.35. The first kappa shape index (κ1) is 14.6. The first-order valence-electron chi connectivity index (χ1n) is 8.29. The lowest BCUT2D eigenvalue weighted by molar-refractivity contribution is 0.244. The summed E-state index contributed by atoms with van der Waals surface area (Å²) in [5.74, 6) is 2.29. The molecule has 4 rings (SSSR count). The largest absolute Gasteiger partial charge is 0.466 e. The van der Waals surface area contributed by atoms with E-state index in [-0.39, 0.29) is 5.66 Å². The minimum absolute atomic E-state index is 0.357. The summed E-state index contributed by atoms with van der Waals surface area (Å²) in [4.78, 5) is 14.4. The number of nitrogens with one attached hydrogen (secondary N) is 1. The van der Waals surface area contributed by atoms with Crippen LogP contribution in [0.25, 0.3) is 5.70 Å². The highest BCUT2D eigenvalue weighted by atomic mass is 16.3. The van der Waals surface area contributed by atoms with Crippen molar-refractivity contribution < 1.29 is 4.42 Å². The van der Waals surface area contributed by atoms with Crippen LogP contribution in [-0.2, 0) is 0 Å². The Hall–Kier alpha value is -2.01. The molecule has 1 N–H and O–H groups in total. The Balaban J connectivity index is 1.67. The molecule has 1 saturated heterocycles. The maximum Gasteiger partial charge on any atom is 0.151 e. The monoisotopic (exact) mass is 310 g/mol. The Morgan fingerprint density at radius 2 is 2.00 bits per heavy atom. The summed E-state index contributed by atoms with van der Waals surface area (Å²) >= 11 is 0. The van der Waals surface area contributed by atoms with Crippen LogP contribution in [0.15, 0.2) is 31.5 Å². The molecule has 1 unspecified atom stereocenters. The van der Waals surface area contributed by atoms with Gasteiger partial charge < -0.3 is 9.73 Å². The van der Waals surface area contributed by atoms with E-state index in [0.717, 1.165) is 60.1 Å². The van der Waals surface area contributed by atoms with E-state index in [1.54, 1.807) is 0 Å². The van der Waals surface area contributed by atoms with Gasteiger partial charge in [0.1, 0.15) is 17.2 Å². The lowest BCUT2D eigenvalue weighted by Gasteiger charge is -2.35. The summed E-state index contributed by atoms with van der Waals surface area (Å²) in [6.45, 7) is 8.18. The fraction of sp³-hybridized carbons (Fsp3) is 0.500. The summed E-state index contributed by atoms with van der Waals surface area (Å²) < 4.78 is 5.63. The van der Waals surface area contributed by atoms with Crippen LogP contribution in [0.1, 0.15) is 36.8 Å². The van der Waals surface area contributed by atoms with Crippen molar-refractivity contribution in [2.75, 3.05) is 13.1 Å². The number of nitrogens with zero attached hydrogens (tertiary/aromatic N) is 3. The maximum atomic E-state index is 5.63. The van der Waals surface area contributed by atoms with Crippen LogP contribution < -0.4 is 5.32 Å². The van der Waals surface area contributed by atoms with Gasteiger partial charge in [-0.15, -0.1) is 0 Å². The van der Waals surface area contributed by atoms with E-state index >= 15 is 0 Å². The Morgan fingerprint density at radius 3 is 2.70 bits per heavy atom. The van der Waals surface area contributed by atoms with Gasteiger partial charge in [-0.1, -0.05) is 0 Å². The molecule has 0 aliphatic carbocycles. The number of fused-ring (bicyclic) bond motifs is 1. The predicted octanol–water partition coefficient (Wildman–Crippen LogP) is 2.93. The number of rotatable bonds is 2. The number of aliphatic imine (C=N–C) groups is 3. The van der Waals surface area contributed by atoms with Crippen LogP contribution >= 0.6 is 0 Å². The molecule has 0 saturated carbocycles. The van der Waals surface area contributed by atoms with Crippen molar-refractivity contribution in [2.24, 2.45) is 20.9 Å². The maximum absolute atomic E-state index is 5.63. The van der Waals surface area contributed by atoms with Gasteiger partial charge >= 0.3 is 0 Å². The minimum Gasteiger partial charge on any atom is -0.466 e. The van der Waals surface area contributed by atoms with E-state index in [9.17, 15) is 0 Å². The Morgan fingerprint density at radius 1 is 1.22 bits per heavy atom. The molecule has 0 spiro atoms. The molecule has 1 aromatic rings. The molecule has 5 nitrogen and oxygen atoms in total. The van der Waals surface area contributed by atoms with Gasteiger partial charge in [0, 0.05) is 11.5 Å². The third-order valence-corrected chi connectivity index (χ3v) is 5.00. The highest BCUT2D eigenvalue weighted by Gasteiger charge is 2.37. The van der Waals surface area contributed by atoms with Gasteiger partial charge in [-0.25, -0.2) is 4.99 Å². The molecule has 1 fully saturated rings. The zero-order valence-electron chi connectivity index (χ0n) is 13.9. The van der Waals surface area contributed by atoms with Gasteiger partial charge in [0.2, 0.25) is 0 Å². The second-order valence-corrected chi connectivity index (χ2v) is 6.73. The number of hydrogen-bond acceptors (Lipinski definition) is 5. The van der Waals surface area contributed by atoms with Gasteiger partial charge in [0.15, 0.2) is 5.66 Å². The molecule has 5 heteroatoms. The zero-order chi connectivity index (χ0) is 16.0. The van der Waals surface area contributed by atoms with Crippen molar-refractivity contribution in [3.63, 3.8) is 0 Å². The Kier molecular flexibility index (Phi) is 3.34. The quantitative estimate of drug-likeness (QED) is 0.913. The van der Waals surface area contributed by atoms with E-state index in [0.29, 0.717) is 5.92 Å². The van der Waals surface area contributed by atoms with Gasteiger partial charge in [-0.2, -0.15) is 0 Å². The number of furan rings is 1. The summed E-state index contributed by atoms with van der Waals surface area (Å²) in [7, 11) is 0. The fourth-order valence-corrected chi connectivity index (χ4v) is 3.66. The standard InChI is InChI=1S/C18H22N4O/c1-11-8-14(12(2)23-11)15-9-16-17(21-15)10-20-18(3,22-16)13-4-6-19-7-5-13/h8-10,13,19H,4-7H2,1-3H3. The van der Waals surface area contributed by atoms with Crippen molar-refractivity contribution in [2.45, 2.75) is 39.3 Å². The molecule has 4 heterocycles. The van der Waals surface area contributed by atoms with Crippen LogP contribution in [0.5, 0.6) is 0 Å². The van der Waals surface area contributed by atoms with E-state index in [2.05, 4.69) is 18.3 Å². The van der Waals surface area contributed by atoms with Crippen molar-refractivity contribution >= 4 is 23.3 Å². The topological polar surface area (TPSA) is 62.2 Å². The van der Waals surface area contributed by atoms with Crippen LogP contribution in [-0.4, -0.2) is 36.4 Å². The Bertz CT molecular complexity index is 762. The summed E-state index contributed by atoms with van der Waals surface area (Å²) in [5, 5.41) is 3.41. The molecule has 0 aromatic carbocycles. The van der Waals surface area contributed by atoms with E-state index in [1.165, 1.54) is 0 Å². The molecule has 0 bridgehead atoms. The van der Waals surface area contributed by atoms with E-state index < -0.39 is 0 Å². The van der Waals surface area contributed by atoms with Gasteiger partial charge in [-0.05, 0) is 58.8 Å². The molecular formula is C18H22N4O. The normalized spacial score (nSPS) is 27.5. The summed E-state index contributed by atoms with van der Waals surface area (Å²) in [6.07, 6.45) is 6.20. The number of aryl methyl sites for hydroxylation is 2. The number of allylic oxidation sites excluding steroid dienone is 1. The Labute approximate surface area is 136 Å². The zero-order valence-corrected chi connectivity index (χ0v) is 13.9. The van der Waals surface area contributed by atoms with Gasteiger partial charge in [0.05, 0.1) is 17.6 Å². The summed E-state index contributed by atoms with van der Waals surface area (Å²) in [6, 6.07) is 2.03. The minimum atomic E-state index is -0.357. The number of piperidine rings is 1. The first-order valence-corrected chi connectivity index (χ1v) is 8.29. The van der Waals surface area contributed by atoms with Crippen LogP contribution in [0.4, 0.5) is 0 Å². The second-order valence-electron chi connectivity index (χ2n) is 6.73. The third-order valence-electron chi connectivity index (χ3n) is 5.00. The summed E-state index contributed by atoms with van der Waals surface area (Å²) in [5.41, 5.74) is 3.43. The van der Waals surface area contributed by atoms with Crippen LogP contribution in [0.3, 0.4) is 0 Å². The van der Waals surface area contributed by atoms with Crippen LogP contribution in [0, 0.1) is 19.8 Å². The molecule has 3 aliphatic heterocycles. The van der Waals surface area contributed by atoms with Crippen molar-refractivity contribution in [3.8, 4) is 0 Å². The second kappa shape index (κ2) is 5.27. The van der Waals surface area contributed by atoms with Crippen molar-refractivity contribution in [1.82, 2.24) is 5.32 Å². The smallest absolute Gasteiger partial charge is 0.151 e. The molecular weight excluding hydrogens is 288 g/mol. The molecule has 1 atom stereocenters. The molecule has 120 valence electrons. The van der Waals surface area contributed by atoms with E-state index in [4.69, 9.17) is 19.4 Å². The molecule has 0 radical (unpaired) electrons. The number of hydrogen-bond donors (Lipinski definition) is 1. The van der Waals surface area contributed by atoms with Crippen molar-refractivity contribution in [3.05, 3.63) is 29.2 Å². The SMILES string of the molecule is Cc1cc(C2=CC3=NC(C)(C4CCNCC4)N=CC3=N2)c(C)o1. The van der Waals surface area contributed by atoms with E-state index in [1.807, 2.05) is 26.1 Å². The van der Waals surface area contributed by atoms with Crippen molar-refractivity contribution in [1.29, 1.82) is 0 Å². The molecule has 3 aliphatic rings. The highest BCUT2D eigenvalue weighted by molar-refractivity contribution is 6.68. The molecule has 23 heavy (non-hydrogen) atoms.